The largest absolute Gasteiger partial charge is 0.416 e. The lowest BCUT2D eigenvalue weighted by atomic mass is 10.2. The molecule has 0 radical (unpaired) electrons. The fourth-order valence-electron chi connectivity index (χ4n) is 1.84. The zero-order chi connectivity index (χ0) is 15.5. The number of anilines is 1. The average molecular weight is 314 g/mol. The monoisotopic (exact) mass is 314 g/mol. The summed E-state index contributed by atoms with van der Waals surface area (Å²) in [5.41, 5.74) is 1.21. The van der Waals surface area contributed by atoms with Crippen molar-refractivity contribution in [2.75, 3.05) is 5.32 Å². The van der Waals surface area contributed by atoms with Gasteiger partial charge in [0, 0.05) is 11.6 Å². The van der Waals surface area contributed by atoms with E-state index < -0.39 is 0 Å². The molecule has 22 heavy (non-hydrogen) atoms. The molecule has 1 aromatic carbocycles. The molecule has 1 saturated carbocycles. The van der Waals surface area contributed by atoms with Crippen LogP contribution in [0.5, 0.6) is 0 Å². The van der Waals surface area contributed by atoms with Crippen LogP contribution >= 0.6 is 11.8 Å². The number of nitrogens with zero attached hydrogens (tertiary/aromatic N) is 3. The lowest BCUT2D eigenvalue weighted by Gasteiger charge is -2.09. The first-order valence-electron chi connectivity index (χ1n) is 6.97. The number of amides is 1. The number of thioether (sulfide) groups is 1. The molecular formula is C15H14N4O2S. The standard InChI is InChI=1S/C15H14N4O2S/c1-9(22-15-19-18-14(21-15)11-4-5-11)13(20)17-12-6-2-10(8-16)3-7-12/h2-3,6-7,9,11H,4-5H2,1H3,(H,17,20)/t9-/m0/s1. The lowest BCUT2D eigenvalue weighted by molar-refractivity contribution is -0.115. The van der Waals surface area contributed by atoms with Crippen molar-refractivity contribution in [2.45, 2.75) is 36.2 Å². The van der Waals surface area contributed by atoms with Gasteiger partial charge < -0.3 is 9.73 Å². The van der Waals surface area contributed by atoms with E-state index in [1.54, 1.807) is 31.2 Å². The van der Waals surface area contributed by atoms with E-state index in [0.29, 0.717) is 28.3 Å². The Morgan fingerprint density at radius 2 is 2.14 bits per heavy atom. The van der Waals surface area contributed by atoms with Gasteiger partial charge in [-0.15, -0.1) is 10.2 Å². The van der Waals surface area contributed by atoms with Crippen LogP contribution in [0.1, 0.15) is 37.1 Å². The molecule has 0 saturated heterocycles. The predicted molar refractivity (Wildman–Crippen MR) is 81.4 cm³/mol. The maximum atomic E-state index is 12.1. The van der Waals surface area contributed by atoms with E-state index in [9.17, 15) is 4.79 Å². The second kappa shape index (κ2) is 6.20. The number of aromatic nitrogens is 2. The highest BCUT2D eigenvalue weighted by Crippen LogP contribution is 2.40. The molecule has 7 heteroatoms. The first-order chi connectivity index (χ1) is 10.7. The zero-order valence-electron chi connectivity index (χ0n) is 11.9. The van der Waals surface area contributed by atoms with Crippen LogP contribution in [0, 0.1) is 11.3 Å². The van der Waals surface area contributed by atoms with Crippen LogP contribution in [0.3, 0.4) is 0 Å². The van der Waals surface area contributed by atoms with E-state index in [1.807, 2.05) is 6.07 Å². The summed E-state index contributed by atoms with van der Waals surface area (Å²) in [5.74, 6) is 0.924. The quantitative estimate of drug-likeness (QED) is 0.853. The van der Waals surface area contributed by atoms with Gasteiger partial charge >= 0.3 is 0 Å². The van der Waals surface area contributed by atoms with Crippen LogP contribution in [0.2, 0.25) is 0 Å². The molecule has 1 aliphatic carbocycles. The number of nitriles is 1. The molecule has 2 aromatic rings. The van der Waals surface area contributed by atoms with Crippen molar-refractivity contribution in [3.63, 3.8) is 0 Å². The van der Waals surface area contributed by atoms with Crippen molar-refractivity contribution in [3.05, 3.63) is 35.7 Å². The van der Waals surface area contributed by atoms with Crippen LogP contribution in [-0.2, 0) is 4.79 Å². The summed E-state index contributed by atoms with van der Waals surface area (Å²) in [5, 5.41) is 19.6. The van der Waals surface area contributed by atoms with Crippen molar-refractivity contribution in [1.82, 2.24) is 10.2 Å². The minimum absolute atomic E-state index is 0.152. The van der Waals surface area contributed by atoms with Crippen LogP contribution in [-0.4, -0.2) is 21.4 Å². The molecule has 1 amide bonds. The average Bonchev–Trinajstić information content (AvgIpc) is 3.28. The number of rotatable bonds is 5. The number of carbonyl (C=O) groups excluding carboxylic acids is 1. The Labute approximate surface area is 131 Å². The molecule has 1 aromatic heterocycles. The van der Waals surface area contributed by atoms with Crippen molar-refractivity contribution < 1.29 is 9.21 Å². The summed E-state index contributed by atoms with van der Waals surface area (Å²) in [6.07, 6.45) is 2.20. The van der Waals surface area contributed by atoms with Gasteiger partial charge in [-0.05, 0) is 44.0 Å². The topological polar surface area (TPSA) is 91.8 Å². The Kier molecular flexibility index (Phi) is 4.11. The highest BCUT2D eigenvalue weighted by molar-refractivity contribution is 8.00. The smallest absolute Gasteiger partial charge is 0.277 e. The first-order valence-corrected chi connectivity index (χ1v) is 7.85. The molecule has 1 fully saturated rings. The van der Waals surface area contributed by atoms with Gasteiger partial charge in [-0.1, -0.05) is 11.8 Å². The number of nitrogens with one attached hydrogen (secondary N) is 1. The van der Waals surface area contributed by atoms with Crippen molar-refractivity contribution in [2.24, 2.45) is 0 Å². The highest BCUT2D eigenvalue weighted by Gasteiger charge is 2.30. The van der Waals surface area contributed by atoms with Gasteiger partial charge in [0.1, 0.15) is 0 Å². The van der Waals surface area contributed by atoms with Crippen molar-refractivity contribution in [3.8, 4) is 6.07 Å². The van der Waals surface area contributed by atoms with E-state index in [2.05, 4.69) is 15.5 Å². The van der Waals surface area contributed by atoms with Gasteiger partial charge in [0.2, 0.25) is 11.8 Å². The van der Waals surface area contributed by atoms with E-state index in [-0.39, 0.29) is 11.2 Å². The molecule has 1 heterocycles. The van der Waals surface area contributed by atoms with E-state index in [0.717, 1.165) is 12.8 Å². The molecular weight excluding hydrogens is 300 g/mol. The summed E-state index contributed by atoms with van der Waals surface area (Å²) in [4.78, 5) is 12.1. The van der Waals surface area contributed by atoms with Crippen LogP contribution in [0.15, 0.2) is 33.9 Å². The van der Waals surface area contributed by atoms with Gasteiger partial charge in [-0.3, -0.25) is 4.79 Å². The number of hydrogen-bond donors (Lipinski definition) is 1. The SMILES string of the molecule is C[C@H](Sc1nnc(C2CC2)o1)C(=O)Nc1ccc(C#N)cc1. The zero-order valence-corrected chi connectivity index (χ0v) is 12.8. The molecule has 0 bridgehead atoms. The lowest BCUT2D eigenvalue weighted by Crippen LogP contribution is -2.22. The number of hydrogen-bond acceptors (Lipinski definition) is 6. The Hall–Kier alpha value is -2.33. The van der Waals surface area contributed by atoms with E-state index >= 15 is 0 Å². The molecule has 1 aliphatic rings. The second-order valence-corrected chi connectivity index (χ2v) is 6.41. The summed E-state index contributed by atoms with van der Waals surface area (Å²) < 4.78 is 5.53. The van der Waals surface area contributed by atoms with E-state index in [4.69, 9.17) is 9.68 Å². The minimum Gasteiger partial charge on any atom is -0.416 e. The summed E-state index contributed by atoms with van der Waals surface area (Å²) in [6, 6.07) is 8.76. The Morgan fingerprint density at radius 3 is 2.77 bits per heavy atom. The van der Waals surface area contributed by atoms with Crippen LogP contribution < -0.4 is 5.32 Å². The fourth-order valence-corrected chi connectivity index (χ4v) is 2.53. The number of benzene rings is 1. The molecule has 0 unspecified atom stereocenters. The summed E-state index contributed by atoms with van der Waals surface area (Å²) in [6.45, 7) is 1.78. The van der Waals surface area contributed by atoms with Crippen LogP contribution in [0.4, 0.5) is 5.69 Å². The fraction of sp³-hybridized carbons (Fsp3) is 0.333. The molecule has 1 atom stereocenters. The molecule has 0 aliphatic heterocycles. The van der Waals surface area contributed by atoms with Crippen molar-refractivity contribution >= 4 is 23.4 Å². The highest BCUT2D eigenvalue weighted by atomic mass is 32.2. The predicted octanol–water partition coefficient (Wildman–Crippen LogP) is 2.94. The third-order valence-corrected chi connectivity index (χ3v) is 4.21. The molecule has 6 nitrogen and oxygen atoms in total. The maximum Gasteiger partial charge on any atom is 0.277 e. The van der Waals surface area contributed by atoms with Gasteiger partial charge in [-0.2, -0.15) is 5.26 Å². The van der Waals surface area contributed by atoms with Gasteiger partial charge in [-0.25, -0.2) is 0 Å². The maximum absolute atomic E-state index is 12.1. The first kappa shape index (κ1) is 14.6. The van der Waals surface area contributed by atoms with Gasteiger partial charge in [0.15, 0.2) is 0 Å². The minimum atomic E-state index is -0.358. The third-order valence-electron chi connectivity index (χ3n) is 3.28. The van der Waals surface area contributed by atoms with Gasteiger partial charge in [0.05, 0.1) is 16.9 Å². The van der Waals surface area contributed by atoms with Crippen LogP contribution in [0.25, 0.3) is 0 Å². The molecule has 112 valence electrons. The summed E-state index contributed by atoms with van der Waals surface area (Å²) >= 11 is 1.24. The number of carbonyl (C=O) groups is 1. The Balaban J connectivity index is 1.57. The molecule has 1 N–H and O–H groups in total. The summed E-state index contributed by atoms with van der Waals surface area (Å²) in [7, 11) is 0. The second-order valence-electron chi connectivity index (χ2n) is 5.12. The Bertz CT molecular complexity index is 716. The van der Waals surface area contributed by atoms with E-state index in [1.165, 1.54) is 11.8 Å². The molecule has 0 spiro atoms. The van der Waals surface area contributed by atoms with Crippen molar-refractivity contribution in [1.29, 1.82) is 5.26 Å². The van der Waals surface area contributed by atoms with Gasteiger partial charge in [0.25, 0.3) is 5.22 Å². The molecule has 3 rings (SSSR count). The Morgan fingerprint density at radius 1 is 1.41 bits per heavy atom. The normalized spacial score (nSPS) is 15.1. The third kappa shape index (κ3) is 3.46.